The zero-order valence-electron chi connectivity index (χ0n) is 16.3. The van der Waals surface area contributed by atoms with E-state index >= 15 is 0 Å². The van der Waals surface area contributed by atoms with E-state index in [4.69, 9.17) is 0 Å². The Morgan fingerprint density at radius 2 is 1.42 bits per heavy atom. The third-order valence-electron chi connectivity index (χ3n) is 5.08. The lowest BCUT2D eigenvalue weighted by Crippen LogP contribution is -2.31. The van der Waals surface area contributed by atoms with E-state index in [0.717, 1.165) is 26.2 Å². The summed E-state index contributed by atoms with van der Waals surface area (Å²) in [6.45, 7) is 6.48. The zero-order chi connectivity index (χ0) is 18.2. The molecule has 0 unspecified atom stereocenters. The molecule has 26 heavy (non-hydrogen) atoms. The molecule has 4 heteroatoms. The van der Waals surface area contributed by atoms with Gasteiger partial charge in [-0.3, -0.25) is 9.88 Å². The fraction of sp³-hybridized carbons (Fsp3) is 0.500. The quantitative estimate of drug-likeness (QED) is 0.723. The third kappa shape index (κ3) is 5.82. The number of nitrogens with zero attached hydrogens (tertiary/aromatic N) is 4. The van der Waals surface area contributed by atoms with Gasteiger partial charge in [0.05, 0.1) is 0 Å². The molecule has 2 heterocycles. The Balaban J connectivity index is 1.63. The number of pyridine rings is 1. The summed E-state index contributed by atoms with van der Waals surface area (Å²) in [5.74, 6) is 0. The lowest BCUT2D eigenvalue weighted by Gasteiger charge is -2.29. The van der Waals surface area contributed by atoms with Crippen molar-refractivity contribution in [3.05, 3.63) is 59.9 Å². The van der Waals surface area contributed by atoms with Crippen LogP contribution in [0.5, 0.6) is 0 Å². The number of likely N-dealkylation sites (N-methyl/N-ethyl adjacent to an activating group) is 1. The summed E-state index contributed by atoms with van der Waals surface area (Å²) < 4.78 is 0. The molecule has 2 aromatic rings. The SMILES string of the molecule is CN(C)CCN(Cc1ccncc1)Cc1ccc(N2CCCCC2)cc1. The van der Waals surface area contributed by atoms with Crippen LogP contribution in [-0.2, 0) is 13.1 Å². The first kappa shape index (κ1) is 18.9. The predicted octanol–water partition coefficient (Wildman–Crippen LogP) is 3.64. The molecule has 140 valence electrons. The van der Waals surface area contributed by atoms with Crippen LogP contribution in [0.15, 0.2) is 48.8 Å². The number of piperidine rings is 1. The standard InChI is InChI=1S/C22H32N4/c1-24(2)16-17-25(19-21-10-12-23-13-11-21)18-20-6-8-22(9-7-20)26-14-4-3-5-15-26/h6-13H,3-5,14-19H2,1-2H3. The highest BCUT2D eigenvalue weighted by atomic mass is 15.2. The molecular weight excluding hydrogens is 320 g/mol. The van der Waals surface area contributed by atoms with Gasteiger partial charge in [-0.25, -0.2) is 0 Å². The molecule has 4 nitrogen and oxygen atoms in total. The molecule has 0 spiro atoms. The fourth-order valence-electron chi connectivity index (χ4n) is 3.52. The van der Waals surface area contributed by atoms with Crippen LogP contribution in [0.2, 0.25) is 0 Å². The van der Waals surface area contributed by atoms with Gasteiger partial charge in [0, 0.05) is 57.3 Å². The smallest absolute Gasteiger partial charge is 0.0366 e. The van der Waals surface area contributed by atoms with Crippen LogP contribution in [0.3, 0.4) is 0 Å². The van der Waals surface area contributed by atoms with Gasteiger partial charge in [0.1, 0.15) is 0 Å². The third-order valence-corrected chi connectivity index (χ3v) is 5.08. The summed E-state index contributed by atoms with van der Waals surface area (Å²) in [4.78, 5) is 11.4. The van der Waals surface area contributed by atoms with E-state index in [2.05, 4.69) is 70.2 Å². The number of aromatic nitrogens is 1. The van der Waals surface area contributed by atoms with E-state index in [0.29, 0.717) is 0 Å². The summed E-state index contributed by atoms with van der Waals surface area (Å²) in [6, 6.07) is 13.4. The molecule has 1 aromatic heterocycles. The van der Waals surface area contributed by atoms with Crippen molar-refractivity contribution in [2.45, 2.75) is 32.4 Å². The van der Waals surface area contributed by atoms with Gasteiger partial charge >= 0.3 is 0 Å². The molecule has 1 aromatic carbocycles. The van der Waals surface area contributed by atoms with Gasteiger partial charge in [0.15, 0.2) is 0 Å². The van der Waals surface area contributed by atoms with Crippen molar-refractivity contribution in [1.29, 1.82) is 0 Å². The topological polar surface area (TPSA) is 22.6 Å². The molecule has 3 rings (SSSR count). The lowest BCUT2D eigenvalue weighted by atomic mass is 10.1. The van der Waals surface area contributed by atoms with Gasteiger partial charge in [0.2, 0.25) is 0 Å². The van der Waals surface area contributed by atoms with Crippen LogP contribution in [0, 0.1) is 0 Å². The zero-order valence-corrected chi connectivity index (χ0v) is 16.3. The number of hydrogen-bond donors (Lipinski definition) is 0. The molecule has 0 radical (unpaired) electrons. The largest absolute Gasteiger partial charge is 0.372 e. The normalized spacial score (nSPS) is 15.0. The highest BCUT2D eigenvalue weighted by Crippen LogP contribution is 2.21. The van der Waals surface area contributed by atoms with Crippen LogP contribution in [-0.4, -0.2) is 55.1 Å². The first-order chi connectivity index (χ1) is 12.7. The highest BCUT2D eigenvalue weighted by molar-refractivity contribution is 5.47. The molecule has 1 fully saturated rings. The van der Waals surface area contributed by atoms with E-state index in [-0.39, 0.29) is 0 Å². The first-order valence-electron chi connectivity index (χ1n) is 9.80. The minimum absolute atomic E-state index is 0.963. The molecule has 0 saturated carbocycles. The Kier molecular flexibility index (Phi) is 7.04. The van der Waals surface area contributed by atoms with Crippen molar-refractivity contribution in [1.82, 2.24) is 14.8 Å². The van der Waals surface area contributed by atoms with Crippen LogP contribution >= 0.6 is 0 Å². The second kappa shape index (κ2) is 9.70. The van der Waals surface area contributed by atoms with Crippen LogP contribution < -0.4 is 4.90 Å². The Morgan fingerprint density at radius 1 is 0.808 bits per heavy atom. The van der Waals surface area contributed by atoms with Crippen LogP contribution in [0.25, 0.3) is 0 Å². The Hall–Kier alpha value is -1.91. The molecule has 1 aliphatic rings. The second-order valence-electron chi connectivity index (χ2n) is 7.58. The van der Waals surface area contributed by atoms with Crippen LogP contribution in [0.1, 0.15) is 30.4 Å². The van der Waals surface area contributed by atoms with Crippen molar-refractivity contribution >= 4 is 5.69 Å². The van der Waals surface area contributed by atoms with Gasteiger partial charge in [-0.1, -0.05) is 12.1 Å². The van der Waals surface area contributed by atoms with E-state index in [1.807, 2.05) is 12.4 Å². The molecule has 0 bridgehead atoms. The van der Waals surface area contributed by atoms with Crippen molar-refractivity contribution in [2.75, 3.05) is 45.2 Å². The number of anilines is 1. The van der Waals surface area contributed by atoms with Crippen LogP contribution in [0.4, 0.5) is 5.69 Å². The van der Waals surface area contributed by atoms with E-state index in [1.54, 1.807) is 0 Å². The van der Waals surface area contributed by atoms with Crippen molar-refractivity contribution < 1.29 is 0 Å². The summed E-state index contributed by atoms with van der Waals surface area (Å²) in [5, 5.41) is 0. The van der Waals surface area contributed by atoms with E-state index in [9.17, 15) is 0 Å². The average molecular weight is 353 g/mol. The Morgan fingerprint density at radius 3 is 2.04 bits per heavy atom. The average Bonchev–Trinajstić information content (AvgIpc) is 2.68. The van der Waals surface area contributed by atoms with Crippen molar-refractivity contribution in [2.24, 2.45) is 0 Å². The first-order valence-corrected chi connectivity index (χ1v) is 9.80. The monoisotopic (exact) mass is 352 g/mol. The van der Waals surface area contributed by atoms with E-state index < -0.39 is 0 Å². The van der Waals surface area contributed by atoms with Gasteiger partial charge in [-0.2, -0.15) is 0 Å². The number of benzene rings is 1. The van der Waals surface area contributed by atoms with Gasteiger partial charge in [-0.15, -0.1) is 0 Å². The Bertz CT molecular complexity index is 633. The Labute approximate surface area is 158 Å². The predicted molar refractivity (Wildman–Crippen MR) is 109 cm³/mol. The second-order valence-corrected chi connectivity index (χ2v) is 7.58. The van der Waals surface area contributed by atoms with Crippen molar-refractivity contribution in [3.63, 3.8) is 0 Å². The summed E-state index contributed by atoms with van der Waals surface area (Å²) >= 11 is 0. The maximum absolute atomic E-state index is 4.13. The molecule has 0 atom stereocenters. The van der Waals surface area contributed by atoms with Gasteiger partial charge in [0.25, 0.3) is 0 Å². The number of hydrogen-bond acceptors (Lipinski definition) is 4. The minimum atomic E-state index is 0.963. The maximum Gasteiger partial charge on any atom is 0.0366 e. The molecule has 1 saturated heterocycles. The lowest BCUT2D eigenvalue weighted by molar-refractivity contribution is 0.226. The molecule has 1 aliphatic heterocycles. The summed E-state index contributed by atoms with van der Waals surface area (Å²) in [5.41, 5.74) is 4.09. The maximum atomic E-state index is 4.13. The van der Waals surface area contributed by atoms with E-state index in [1.165, 1.54) is 49.2 Å². The number of rotatable bonds is 8. The summed E-state index contributed by atoms with van der Waals surface area (Å²) in [7, 11) is 4.27. The molecular formula is C22H32N4. The minimum Gasteiger partial charge on any atom is -0.372 e. The highest BCUT2D eigenvalue weighted by Gasteiger charge is 2.12. The summed E-state index contributed by atoms with van der Waals surface area (Å²) in [6.07, 6.45) is 7.79. The van der Waals surface area contributed by atoms with Gasteiger partial charge < -0.3 is 9.80 Å². The van der Waals surface area contributed by atoms with Gasteiger partial charge in [-0.05, 0) is 68.8 Å². The molecule has 0 aliphatic carbocycles. The molecule has 0 N–H and O–H groups in total. The molecule has 0 amide bonds. The van der Waals surface area contributed by atoms with Crippen molar-refractivity contribution in [3.8, 4) is 0 Å². The fourth-order valence-corrected chi connectivity index (χ4v) is 3.52.